The van der Waals surface area contributed by atoms with Gasteiger partial charge >= 0.3 is 0 Å². The van der Waals surface area contributed by atoms with Crippen LogP contribution in [-0.2, 0) is 16.0 Å². The molecule has 1 aliphatic heterocycles. The van der Waals surface area contributed by atoms with Crippen LogP contribution in [0.4, 0.5) is 0 Å². The molecule has 1 aromatic carbocycles. The molecular weight excluding hydrogens is 402 g/mol. The number of thiazole rings is 1. The van der Waals surface area contributed by atoms with Crippen molar-refractivity contribution in [3.05, 3.63) is 29.3 Å². The summed E-state index contributed by atoms with van der Waals surface area (Å²) in [6, 6.07) is 5.88. The molecular formula is C22H27N3O4S. The van der Waals surface area contributed by atoms with Crippen molar-refractivity contribution >= 4 is 23.2 Å². The van der Waals surface area contributed by atoms with Gasteiger partial charge in [0.1, 0.15) is 5.01 Å². The Morgan fingerprint density at radius 3 is 2.53 bits per heavy atom. The highest BCUT2D eigenvalue weighted by atomic mass is 32.1. The summed E-state index contributed by atoms with van der Waals surface area (Å²) in [5.41, 5.74) is 1.71. The molecule has 1 saturated heterocycles. The van der Waals surface area contributed by atoms with Crippen molar-refractivity contribution in [1.29, 1.82) is 0 Å². The monoisotopic (exact) mass is 429 g/mol. The number of likely N-dealkylation sites (tertiary alicyclic amines) is 1. The third-order valence-electron chi connectivity index (χ3n) is 5.66. The predicted octanol–water partition coefficient (Wildman–Crippen LogP) is 2.89. The van der Waals surface area contributed by atoms with Gasteiger partial charge in [0.25, 0.3) is 0 Å². The van der Waals surface area contributed by atoms with Crippen molar-refractivity contribution < 1.29 is 19.1 Å². The van der Waals surface area contributed by atoms with E-state index in [1.165, 1.54) is 11.3 Å². The minimum Gasteiger partial charge on any atom is -0.493 e. The summed E-state index contributed by atoms with van der Waals surface area (Å²) in [6.07, 6.45) is 3.96. The Bertz CT molecular complexity index is 917. The van der Waals surface area contributed by atoms with Crippen molar-refractivity contribution in [2.75, 3.05) is 27.3 Å². The number of piperidine rings is 1. The Morgan fingerprint density at radius 2 is 1.87 bits per heavy atom. The van der Waals surface area contributed by atoms with Gasteiger partial charge in [0, 0.05) is 36.0 Å². The third kappa shape index (κ3) is 4.75. The Labute approximate surface area is 180 Å². The Morgan fingerprint density at radius 1 is 1.13 bits per heavy atom. The quantitative estimate of drug-likeness (QED) is 0.732. The van der Waals surface area contributed by atoms with Gasteiger partial charge in [-0.1, -0.05) is 0 Å². The van der Waals surface area contributed by atoms with Crippen LogP contribution in [-0.4, -0.2) is 55.0 Å². The van der Waals surface area contributed by atoms with Crippen molar-refractivity contribution in [2.45, 2.75) is 38.1 Å². The lowest BCUT2D eigenvalue weighted by Crippen LogP contribution is -2.47. The van der Waals surface area contributed by atoms with Gasteiger partial charge in [0.05, 0.1) is 26.3 Å². The molecule has 160 valence electrons. The molecule has 2 fully saturated rings. The summed E-state index contributed by atoms with van der Waals surface area (Å²) in [4.78, 5) is 31.2. The van der Waals surface area contributed by atoms with Crippen molar-refractivity contribution in [3.63, 3.8) is 0 Å². The molecule has 0 bridgehead atoms. The van der Waals surface area contributed by atoms with Crippen LogP contribution >= 0.6 is 11.3 Å². The molecule has 0 radical (unpaired) electrons. The van der Waals surface area contributed by atoms with Crippen LogP contribution in [0.15, 0.2) is 23.6 Å². The lowest BCUT2D eigenvalue weighted by molar-refractivity contribution is -0.131. The highest BCUT2D eigenvalue weighted by Crippen LogP contribution is 2.33. The number of carbonyl (C=O) groups excluding carboxylic acids is 2. The molecule has 1 saturated carbocycles. The number of carbonyl (C=O) groups is 2. The number of aromatic nitrogens is 1. The van der Waals surface area contributed by atoms with Gasteiger partial charge in [-0.05, 0) is 43.9 Å². The molecule has 7 nitrogen and oxygen atoms in total. The fourth-order valence-corrected chi connectivity index (χ4v) is 4.51. The van der Waals surface area contributed by atoms with E-state index in [2.05, 4.69) is 10.3 Å². The minimum atomic E-state index is 0.0890. The largest absolute Gasteiger partial charge is 0.493 e. The number of methoxy groups -OCH3 is 2. The highest BCUT2D eigenvalue weighted by Gasteiger charge is 2.32. The van der Waals surface area contributed by atoms with Gasteiger partial charge < -0.3 is 19.7 Å². The maximum Gasteiger partial charge on any atom is 0.228 e. The van der Waals surface area contributed by atoms with E-state index in [0.717, 1.165) is 41.9 Å². The maximum absolute atomic E-state index is 12.7. The predicted molar refractivity (Wildman–Crippen MR) is 115 cm³/mol. The number of benzene rings is 1. The number of nitrogens with one attached hydrogen (secondary N) is 1. The van der Waals surface area contributed by atoms with Gasteiger partial charge in [-0.25, -0.2) is 4.98 Å². The zero-order valence-corrected chi connectivity index (χ0v) is 18.2. The SMILES string of the molecule is COc1ccc(-c2nc(CC(=O)N3CCC(NC(=O)C4CC4)CC3)cs2)cc1OC. The second-order valence-electron chi connectivity index (χ2n) is 7.83. The molecule has 30 heavy (non-hydrogen) atoms. The van der Waals surface area contributed by atoms with Crippen molar-refractivity contribution in [3.8, 4) is 22.1 Å². The van der Waals surface area contributed by atoms with E-state index in [-0.39, 0.29) is 23.8 Å². The highest BCUT2D eigenvalue weighted by molar-refractivity contribution is 7.13. The van der Waals surface area contributed by atoms with E-state index in [4.69, 9.17) is 9.47 Å². The van der Waals surface area contributed by atoms with Gasteiger partial charge in [-0.2, -0.15) is 0 Å². The lowest BCUT2D eigenvalue weighted by Gasteiger charge is -2.32. The summed E-state index contributed by atoms with van der Waals surface area (Å²) in [7, 11) is 3.21. The molecule has 0 spiro atoms. The number of nitrogens with zero attached hydrogens (tertiary/aromatic N) is 2. The first kappa shape index (κ1) is 20.7. The van der Waals surface area contributed by atoms with Crippen LogP contribution in [0.3, 0.4) is 0 Å². The van der Waals surface area contributed by atoms with Crippen molar-refractivity contribution in [2.24, 2.45) is 5.92 Å². The molecule has 2 aromatic rings. The average molecular weight is 430 g/mol. The first-order valence-corrected chi connectivity index (χ1v) is 11.2. The van der Waals surface area contributed by atoms with Crippen LogP contribution in [0.2, 0.25) is 0 Å². The molecule has 0 unspecified atom stereocenters. The van der Waals surface area contributed by atoms with Crippen LogP contribution in [0, 0.1) is 5.92 Å². The minimum absolute atomic E-state index is 0.0890. The molecule has 8 heteroatoms. The second-order valence-corrected chi connectivity index (χ2v) is 8.69. The summed E-state index contributed by atoms with van der Waals surface area (Å²) >= 11 is 1.51. The maximum atomic E-state index is 12.7. The van der Waals surface area contributed by atoms with E-state index in [1.807, 2.05) is 28.5 Å². The first-order valence-electron chi connectivity index (χ1n) is 10.3. The zero-order valence-electron chi connectivity index (χ0n) is 17.3. The molecule has 1 N–H and O–H groups in total. The summed E-state index contributed by atoms with van der Waals surface area (Å²) in [5, 5.41) is 5.91. The van der Waals surface area contributed by atoms with Crippen LogP contribution < -0.4 is 14.8 Å². The molecule has 2 aliphatic rings. The van der Waals surface area contributed by atoms with Gasteiger partial charge in [-0.15, -0.1) is 11.3 Å². The lowest BCUT2D eigenvalue weighted by atomic mass is 10.0. The average Bonchev–Trinajstić information content (AvgIpc) is 3.53. The van der Waals surface area contributed by atoms with E-state index in [0.29, 0.717) is 31.0 Å². The molecule has 4 rings (SSSR count). The van der Waals surface area contributed by atoms with E-state index in [1.54, 1.807) is 14.2 Å². The van der Waals surface area contributed by atoms with Crippen LogP contribution in [0.1, 0.15) is 31.4 Å². The van der Waals surface area contributed by atoms with Gasteiger partial charge in [-0.3, -0.25) is 9.59 Å². The van der Waals surface area contributed by atoms with Crippen LogP contribution in [0.5, 0.6) is 11.5 Å². The smallest absolute Gasteiger partial charge is 0.228 e. The summed E-state index contributed by atoms with van der Waals surface area (Å²) in [5.74, 6) is 1.83. The molecule has 1 aliphatic carbocycles. The molecule has 1 aromatic heterocycles. The van der Waals surface area contributed by atoms with Gasteiger partial charge in [0.2, 0.25) is 11.8 Å². The van der Waals surface area contributed by atoms with E-state index >= 15 is 0 Å². The normalized spacial score (nSPS) is 16.9. The first-order chi connectivity index (χ1) is 14.6. The molecule has 2 amide bonds. The number of ether oxygens (including phenoxy) is 2. The van der Waals surface area contributed by atoms with E-state index in [9.17, 15) is 9.59 Å². The van der Waals surface area contributed by atoms with Crippen molar-refractivity contribution in [1.82, 2.24) is 15.2 Å². The fraction of sp³-hybridized carbons (Fsp3) is 0.500. The number of amides is 2. The zero-order chi connectivity index (χ0) is 21.1. The van der Waals surface area contributed by atoms with E-state index < -0.39 is 0 Å². The standard InChI is InChI=1S/C22H27N3O4S/c1-28-18-6-5-15(11-19(18)29-2)22-24-17(13-30-22)12-20(26)25-9-7-16(8-10-25)23-21(27)14-3-4-14/h5-6,11,13-14,16H,3-4,7-10,12H2,1-2H3,(H,23,27). The van der Waals surface area contributed by atoms with Gasteiger partial charge in [0.15, 0.2) is 11.5 Å². The fourth-order valence-electron chi connectivity index (χ4n) is 3.69. The third-order valence-corrected chi connectivity index (χ3v) is 6.60. The second kappa shape index (κ2) is 9.04. The summed E-state index contributed by atoms with van der Waals surface area (Å²) < 4.78 is 10.6. The Balaban J connectivity index is 1.31. The van der Waals surface area contributed by atoms with Crippen LogP contribution in [0.25, 0.3) is 10.6 Å². The number of hydrogen-bond acceptors (Lipinski definition) is 6. The molecule has 0 atom stereocenters. The Kier molecular flexibility index (Phi) is 6.22. The number of hydrogen-bond donors (Lipinski definition) is 1. The Hall–Kier alpha value is -2.61. The number of rotatable bonds is 7. The topological polar surface area (TPSA) is 80.8 Å². The summed E-state index contributed by atoms with van der Waals surface area (Å²) in [6.45, 7) is 1.36. The molecule has 2 heterocycles.